The maximum absolute atomic E-state index is 14.2. The zero-order valence-corrected chi connectivity index (χ0v) is 22.3. The molecule has 198 valence electrons. The number of anilines is 2. The van der Waals surface area contributed by atoms with E-state index in [1.54, 1.807) is 31.2 Å². The van der Waals surface area contributed by atoms with E-state index in [-0.39, 0.29) is 50.9 Å². The molecule has 0 unspecified atom stereocenters. The van der Waals surface area contributed by atoms with E-state index in [0.717, 1.165) is 0 Å². The van der Waals surface area contributed by atoms with Crippen LogP contribution in [0.15, 0.2) is 36.4 Å². The van der Waals surface area contributed by atoms with Gasteiger partial charge in [-0.15, -0.1) is 10.2 Å². The number of carbonyl (C=O) groups excluding carboxylic acids is 2. The molecule has 3 atom stereocenters. The maximum Gasteiger partial charge on any atom is 0.276 e. The topological polar surface area (TPSA) is 108 Å². The van der Waals surface area contributed by atoms with Gasteiger partial charge in [-0.1, -0.05) is 23.2 Å². The Bertz CT molecular complexity index is 1380. The van der Waals surface area contributed by atoms with Crippen molar-refractivity contribution in [2.45, 2.75) is 39.1 Å². The van der Waals surface area contributed by atoms with E-state index in [2.05, 4.69) is 26.1 Å². The van der Waals surface area contributed by atoms with E-state index >= 15 is 0 Å². The molecule has 2 aliphatic rings. The summed E-state index contributed by atoms with van der Waals surface area (Å²) in [7, 11) is 0. The molecule has 1 fully saturated rings. The summed E-state index contributed by atoms with van der Waals surface area (Å²) in [6, 6.07) is 9.77. The molecule has 0 radical (unpaired) electrons. The number of nitrogens with zero attached hydrogens (tertiary/aromatic N) is 3. The van der Waals surface area contributed by atoms with Gasteiger partial charge in [0.2, 0.25) is 6.23 Å². The molecule has 3 aromatic rings. The van der Waals surface area contributed by atoms with E-state index in [9.17, 15) is 14.0 Å². The fourth-order valence-corrected chi connectivity index (χ4v) is 5.18. The number of aryl methyl sites for hydroxylation is 1. The Balaban J connectivity index is 1.26. The highest BCUT2D eigenvalue weighted by Gasteiger charge is 2.32. The first-order chi connectivity index (χ1) is 18.1. The Morgan fingerprint density at radius 2 is 1.76 bits per heavy atom. The highest BCUT2D eigenvalue weighted by molar-refractivity contribution is 6.36. The second-order valence-electron chi connectivity index (χ2n) is 9.51. The Morgan fingerprint density at radius 1 is 1.08 bits per heavy atom. The predicted molar refractivity (Wildman–Crippen MR) is 143 cm³/mol. The molecule has 3 heterocycles. The van der Waals surface area contributed by atoms with Gasteiger partial charge in [0.05, 0.1) is 15.6 Å². The molecule has 1 saturated heterocycles. The van der Waals surface area contributed by atoms with Gasteiger partial charge in [-0.05, 0) is 56.7 Å². The molecule has 9 nitrogen and oxygen atoms in total. The average molecular weight is 559 g/mol. The quantitative estimate of drug-likeness (QED) is 0.394. The number of ether oxygens (including phenoxy) is 1. The van der Waals surface area contributed by atoms with E-state index in [1.165, 1.54) is 12.1 Å². The van der Waals surface area contributed by atoms with Crippen LogP contribution in [-0.2, 0) is 0 Å². The summed E-state index contributed by atoms with van der Waals surface area (Å²) < 4.78 is 20.0. The normalized spacial score (nSPS) is 20.4. The lowest BCUT2D eigenvalue weighted by molar-refractivity contribution is 0.0673. The lowest BCUT2D eigenvalue weighted by atomic mass is 10.1. The molecule has 1 aromatic heterocycles. The van der Waals surface area contributed by atoms with Crippen molar-refractivity contribution in [2.75, 3.05) is 23.7 Å². The number of carbonyl (C=O) groups is 2. The average Bonchev–Trinajstić information content (AvgIpc) is 3.30. The SMILES string of the molecule is Cc1cc(F)c(Cl)c([C@H]2Nc3nnc(C(=O)Nc4ccc(C(=O)N5C[C@@H](C)N[C@@H](C)C5)cc4)cc3O2)c1Cl. The number of aromatic nitrogens is 2. The van der Waals surface area contributed by atoms with Gasteiger partial charge in [-0.3, -0.25) is 9.59 Å². The van der Waals surface area contributed by atoms with Crippen LogP contribution in [0, 0.1) is 12.7 Å². The van der Waals surface area contributed by atoms with Crippen LogP contribution in [0.25, 0.3) is 0 Å². The van der Waals surface area contributed by atoms with Crippen LogP contribution in [0.4, 0.5) is 15.9 Å². The first-order valence-corrected chi connectivity index (χ1v) is 12.8. The summed E-state index contributed by atoms with van der Waals surface area (Å²) in [6.07, 6.45) is -0.904. The van der Waals surface area contributed by atoms with Crippen LogP contribution in [0.2, 0.25) is 10.0 Å². The molecule has 5 rings (SSSR count). The number of benzene rings is 2. The van der Waals surface area contributed by atoms with Crippen LogP contribution in [0.5, 0.6) is 5.75 Å². The van der Waals surface area contributed by atoms with Crippen molar-refractivity contribution < 1.29 is 18.7 Å². The molecule has 0 spiro atoms. The zero-order chi connectivity index (χ0) is 27.1. The number of hydrogen-bond acceptors (Lipinski definition) is 7. The molecule has 3 N–H and O–H groups in total. The van der Waals surface area contributed by atoms with E-state index in [4.69, 9.17) is 27.9 Å². The summed E-state index contributed by atoms with van der Waals surface area (Å²) in [5, 5.41) is 17.2. The van der Waals surface area contributed by atoms with Crippen LogP contribution in [-0.4, -0.2) is 52.1 Å². The van der Waals surface area contributed by atoms with Gasteiger partial charge < -0.3 is 25.6 Å². The molecule has 2 aliphatic heterocycles. The van der Waals surface area contributed by atoms with Crippen molar-refractivity contribution in [2.24, 2.45) is 0 Å². The van der Waals surface area contributed by atoms with Gasteiger partial charge in [-0.25, -0.2) is 4.39 Å². The third-order valence-corrected chi connectivity index (χ3v) is 7.26. The Morgan fingerprint density at radius 3 is 2.45 bits per heavy atom. The van der Waals surface area contributed by atoms with Crippen LogP contribution < -0.4 is 20.7 Å². The van der Waals surface area contributed by atoms with Gasteiger partial charge in [-0.2, -0.15) is 0 Å². The van der Waals surface area contributed by atoms with Crippen molar-refractivity contribution in [1.29, 1.82) is 0 Å². The van der Waals surface area contributed by atoms with Gasteiger partial charge in [0.1, 0.15) is 5.82 Å². The fourth-order valence-electron chi connectivity index (χ4n) is 4.64. The number of halogens is 3. The molecule has 2 aromatic carbocycles. The molecule has 12 heteroatoms. The van der Waals surface area contributed by atoms with Crippen LogP contribution in [0.1, 0.15) is 52.0 Å². The number of rotatable bonds is 4. The summed E-state index contributed by atoms with van der Waals surface area (Å²) in [4.78, 5) is 27.6. The lowest BCUT2D eigenvalue weighted by Gasteiger charge is -2.36. The van der Waals surface area contributed by atoms with Crippen molar-refractivity contribution in [3.63, 3.8) is 0 Å². The minimum atomic E-state index is -0.904. The monoisotopic (exact) mass is 558 g/mol. The highest BCUT2D eigenvalue weighted by Crippen LogP contribution is 2.42. The third kappa shape index (κ3) is 5.11. The number of fused-ring (bicyclic) bond motifs is 1. The molecule has 38 heavy (non-hydrogen) atoms. The van der Waals surface area contributed by atoms with E-state index in [1.807, 2.05) is 18.7 Å². The second kappa shape index (κ2) is 10.4. The van der Waals surface area contributed by atoms with Gasteiger partial charge in [0, 0.05) is 42.5 Å². The Kier molecular flexibility index (Phi) is 7.13. The molecule has 0 aliphatic carbocycles. The van der Waals surface area contributed by atoms with Crippen molar-refractivity contribution >= 4 is 46.5 Å². The fraction of sp³-hybridized carbons (Fsp3) is 0.308. The number of piperazine rings is 1. The first kappa shape index (κ1) is 26.1. The zero-order valence-electron chi connectivity index (χ0n) is 20.8. The van der Waals surface area contributed by atoms with E-state index < -0.39 is 18.0 Å². The van der Waals surface area contributed by atoms with Crippen molar-refractivity contribution in [3.05, 3.63) is 74.6 Å². The van der Waals surface area contributed by atoms with Crippen molar-refractivity contribution in [1.82, 2.24) is 20.4 Å². The van der Waals surface area contributed by atoms with Gasteiger partial charge >= 0.3 is 0 Å². The molecule has 2 amide bonds. The summed E-state index contributed by atoms with van der Waals surface area (Å²) >= 11 is 12.5. The first-order valence-electron chi connectivity index (χ1n) is 12.0. The van der Waals surface area contributed by atoms with Crippen LogP contribution >= 0.6 is 23.2 Å². The standard InChI is InChI=1S/C26H25Cl2FN6O3/c1-12-8-17(29)22(28)20(21(12)27)25-32-23-19(38-25)9-18(33-34-23)24(36)31-16-6-4-15(5-7-16)26(37)35-10-13(2)30-14(3)11-35/h4-9,13-14,25,30H,10-11H2,1-3H3,(H,31,36)(H,32,34)/t13-,14+,25-/m0/s1. The van der Waals surface area contributed by atoms with Gasteiger partial charge in [0.15, 0.2) is 17.3 Å². The Hall–Kier alpha value is -3.47. The predicted octanol–water partition coefficient (Wildman–Crippen LogP) is 4.81. The van der Waals surface area contributed by atoms with Crippen molar-refractivity contribution in [3.8, 4) is 5.75 Å². The van der Waals surface area contributed by atoms with E-state index in [0.29, 0.717) is 29.9 Å². The molecule has 0 bridgehead atoms. The largest absolute Gasteiger partial charge is 0.462 e. The lowest BCUT2D eigenvalue weighted by Crippen LogP contribution is -2.55. The summed E-state index contributed by atoms with van der Waals surface area (Å²) in [6.45, 7) is 7.01. The molecular weight excluding hydrogens is 534 g/mol. The molecular formula is C26H25Cl2FN6O3. The maximum atomic E-state index is 14.2. The third-order valence-electron chi connectivity index (χ3n) is 6.37. The Labute approximate surface area is 228 Å². The van der Waals surface area contributed by atoms with Gasteiger partial charge in [0.25, 0.3) is 11.8 Å². The number of amides is 2. The minimum absolute atomic E-state index is 0.00256. The molecule has 0 saturated carbocycles. The number of nitrogens with one attached hydrogen (secondary N) is 3. The smallest absolute Gasteiger partial charge is 0.276 e. The summed E-state index contributed by atoms with van der Waals surface area (Å²) in [5.41, 5.74) is 1.76. The number of hydrogen-bond donors (Lipinski definition) is 3. The highest BCUT2D eigenvalue weighted by atomic mass is 35.5. The minimum Gasteiger partial charge on any atom is -0.462 e. The van der Waals surface area contributed by atoms with Crippen LogP contribution in [0.3, 0.4) is 0 Å². The second-order valence-corrected chi connectivity index (χ2v) is 10.3. The summed E-state index contributed by atoms with van der Waals surface area (Å²) in [5.74, 6) is -0.695.